The zero-order valence-electron chi connectivity index (χ0n) is 10.2. The minimum Gasteiger partial charge on any atom is -0.464 e. The molecule has 0 amide bonds. The van der Waals surface area contributed by atoms with Crippen molar-refractivity contribution in [1.82, 2.24) is 4.98 Å². The predicted octanol–water partition coefficient (Wildman–Crippen LogP) is 5.06. The summed E-state index contributed by atoms with van der Waals surface area (Å²) < 4.78 is 7.77. The van der Waals surface area contributed by atoms with Crippen LogP contribution in [-0.2, 0) is 0 Å². The van der Waals surface area contributed by atoms with Gasteiger partial charge < -0.3 is 4.42 Å². The summed E-state index contributed by atoms with van der Waals surface area (Å²) in [4.78, 5) is 4.63. The van der Waals surface area contributed by atoms with Gasteiger partial charge in [-0.1, -0.05) is 25.6 Å². The predicted molar refractivity (Wildman–Crippen MR) is 78.3 cm³/mol. The zero-order valence-corrected chi connectivity index (χ0v) is 11.8. The fourth-order valence-electron chi connectivity index (χ4n) is 1.75. The third-order valence-electron chi connectivity index (χ3n) is 2.51. The number of aromatic nitrogens is 1. The molecule has 2 heterocycles. The van der Waals surface area contributed by atoms with Crippen molar-refractivity contribution in [2.24, 2.45) is 0 Å². The van der Waals surface area contributed by atoms with Gasteiger partial charge in [-0.15, -0.1) is 11.3 Å². The van der Waals surface area contributed by atoms with Gasteiger partial charge >= 0.3 is 0 Å². The molecule has 0 saturated carbocycles. The number of thiazole rings is 1. The van der Waals surface area contributed by atoms with Crippen LogP contribution in [0, 0.1) is 0 Å². The molecule has 0 radical (unpaired) electrons. The highest BCUT2D eigenvalue weighted by Gasteiger charge is 2.08. The largest absolute Gasteiger partial charge is 0.464 e. The van der Waals surface area contributed by atoms with E-state index in [1.807, 2.05) is 23.9 Å². The molecule has 0 spiro atoms. The zero-order chi connectivity index (χ0) is 12.5. The monoisotopic (exact) mass is 275 g/mol. The second-order valence-electron chi connectivity index (χ2n) is 4.31. The second kappa shape index (κ2) is 4.78. The average molecular weight is 275 g/mol. The van der Waals surface area contributed by atoms with Crippen LogP contribution in [0.1, 0.15) is 13.8 Å². The molecule has 92 valence electrons. The topological polar surface area (TPSA) is 26.0 Å². The van der Waals surface area contributed by atoms with Crippen LogP contribution in [0.2, 0.25) is 0 Å². The molecule has 2 nitrogen and oxygen atoms in total. The lowest BCUT2D eigenvalue weighted by molar-refractivity contribution is 0.582. The molecule has 3 aromatic rings. The maximum atomic E-state index is 5.42. The number of nitrogens with zero attached hydrogens (tertiary/aromatic N) is 1. The number of fused-ring (bicyclic) bond motifs is 1. The van der Waals surface area contributed by atoms with Crippen molar-refractivity contribution in [2.45, 2.75) is 23.4 Å². The Morgan fingerprint density at radius 3 is 2.89 bits per heavy atom. The highest BCUT2D eigenvalue weighted by molar-refractivity contribution is 8.01. The molecule has 18 heavy (non-hydrogen) atoms. The lowest BCUT2D eigenvalue weighted by Crippen LogP contribution is -1.83. The van der Waals surface area contributed by atoms with E-state index in [1.54, 1.807) is 17.6 Å². The molecule has 0 saturated heterocycles. The van der Waals surface area contributed by atoms with Crippen molar-refractivity contribution in [2.75, 3.05) is 0 Å². The van der Waals surface area contributed by atoms with Gasteiger partial charge in [0, 0.05) is 10.8 Å². The first-order valence-electron chi connectivity index (χ1n) is 5.83. The molecule has 0 aliphatic carbocycles. The van der Waals surface area contributed by atoms with E-state index in [2.05, 4.69) is 37.0 Å². The summed E-state index contributed by atoms with van der Waals surface area (Å²) in [7, 11) is 0. The van der Waals surface area contributed by atoms with Crippen molar-refractivity contribution < 1.29 is 4.42 Å². The van der Waals surface area contributed by atoms with Crippen LogP contribution < -0.4 is 0 Å². The standard InChI is InChI=1S/C14H13NOS2/c1-9(2)17-14-15-11-6-5-10(8-13(11)18-14)12-4-3-7-16-12/h3-9H,1-2H3. The number of rotatable bonds is 3. The summed E-state index contributed by atoms with van der Waals surface area (Å²) in [6.45, 7) is 4.37. The van der Waals surface area contributed by atoms with Crippen LogP contribution in [0.25, 0.3) is 21.5 Å². The Hall–Kier alpha value is -1.26. The molecule has 0 fully saturated rings. The molecule has 2 aromatic heterocycles. The summed E-state index contributed by atoms with van der Waals surface area (Å²) in [5, 5.41) is 0.565. The van der Waals surface area contributed by atoms with E-state index >= 15 is 0 Å². The Labute approximate surface area is 114 Å². The number of hydrogen-bond donors (Lipinski definition) is 0. The lowest BCUT2D eigenvalue weighted by Gasteiger charge is -1.97. The molecule has 0 unspecified atom stereocenters. The molecule has 0 atom stereocenters. The number of thioether (sulfide) groups is 1. The summed E-state index contributed by atoms with van der Waals surface area (Å²) in [5.41, 5.74) is 2.18. The summed E-state index contributed by atoms with van der Waals surface area (Å²) >= 11 is 3.56. The molecular formula is C14H13NOS2. The highest BCUT2D eigenvalue weighted by atomic mass is 32.2. The normalized spacial score (nSPS) is 11.5. The van der Waals surface area contributed by atoms with E-state index < -0.39 is 0 Å². The van der Waals surface area contributed by atoms with E-state index in [0.717, 1.165) is 21.2 Å². The smallest absolute Gasteiger partial charge is 0.151 e. The Bertz CT molecular complexity index is 656. The van der Waals surface area contributed by atoms with Gasteiger partial charge in [0.25, 0.3) is 0 Å². The first-order chi connectivity index (χ1) is 8.72. The molecule has 1 aromatic carbocycles. The van der Waals surface area contributed by atoms with Crippen LogP contribution in [-0.4, -0.2) is 10.2 Å². The van der Waals surface area contributed by atoms with Crippen LogP contribution in [0.3, 0.4) is 0 Å². The van der Waals surface area contributed by atoms with Crippen LogP contribution in [0.5, 0.6) is 0 Å². The van der Waals surface area contributed by atoms with Crippen molar-refractivity contribution in [3.8, 4) is 11.3 Å². The van der Waals surface area contributed by atoms with Gasteiger partial charge in [-0.3, -0.25) is 0 Å². The first-order valence-corrected chi connectivity index (χ1v) is 7.53. The summed E-state index contributed by atoms with van der Waals surface area (Å²) in [5.74, 6) is 0.906. The van der Waals surface area contributed by atoms with Crippen molar-refractivity contribution in [3.05, 3.63) is 36.6 Å². The van der Waals surface area contributed by atoms with Gasteiger partial charge in [0.05, 0.1) is 16.5 Å². The number of benzene rings is 1. The third-order valence-corrected chi connectivity index (χ3v) is 4.63. The summed E-state index contributed by atoms with van der Waals surface area (Å²) in [6, 6.07) is 10.2. The quantitative estimate of drug-likeness (QED) is 0.625. The minimum atomic E-state index is 0.565. The molecular weight excluding hydrogens is 262 g/mol. The molecule has 0 N–H and O–H groups in total. The van der Waals surface area contributed by atoms with Crippen molar-refractivity contribution in [1.29, 1.82) is 0 Å². The van der Waals surface area contributed by atoms with Gasteiger partial charge in [-0.25, -0.2) is 4.98 Å². The second-order valence-corrected chi connectivity index (χ2v) is 7.16. The summed E-state index contributed by atoms with van der Waals surface area (Å²) in [6.07, 6.45) is 1.70. The third kappa shape index (κ3) is 2.31. The lowest BCUT2D eigenvalue weighted by atomic mass is 10.2. The fourth-order valence-corrected chi connectivity index (χ4v) is 4.08. The Kier molecular flexibility index (Phi) is 3.14. The van der Waals surface area contributed by atoms with Crippen LogP contribution >= 0.6 is 23.1 Å². The van der Waals surface area contributed by atoms with E-state index in [-0.39, 0.29) is 0 Å². The van der Waals surface area contributed by atoms with E-state index in [4.69, 9.17) is 4.42 Å². The molecule has 0 aliphatic heterocycles. The van der Waals surface area contributed by atoms with Crippen LogP contribution in [0.15, 0.2) is 45.4 Å². The SMILES string of the molecule is CC(C)Sc1nc2ccc(-c3ccco3)cc2s1. The molecule has 3 rings (SSSR count). The molecule has 0 aliphatic rings. The minimum absolute atomic E-state index is 0.565. The van der Waals surface area contributed by atoms with Crippen LogP contribution in [0.4, 0.5) is 0 Å². The van der Waals surface area contributed by atoms with E-state index in [0.29, 0.717) is 5.25 Å². The number of furan rings is 1. The first kappa shape index (κ1) is 11.8. The van der Waals surface area contributed by atoms with Gasteiger partial charge in [0.15, 0.2) is 4.34 Å². The van der Waals surface area contributed by atoms with E-state index in [1.165, 1.54) is 4.70 Å². The Morgan fingerprint density at radius 1 is 1.28 bits per heavy atom. The number of hydrogen-bond acceptors (Lipinski definition) is 4. The molecule has 4 heteroatoms. The van der Waals surface area contributed by atoms with Gasteiger partial charge in [0.2, 0.25) is 0 Å². The van der Waals surface area contributed by atoms with Gasteiger partial charge in [0.1, 0.15) is 5.76 Å². The Balaban J connectivity index is 2.02. The van der Waals surface area contributed by atoms with Gasteiger partial charge in [-0.2, -0.15) is 0 Å². The maximum Gasteiger partial charge on any atom is 0.151 e. The average Bonchev–Trinajstić information content (AvgIpc) is 2.94. The van der Waals surface area contributed by atoms with Crippen molar-refractivity contribution >= 4 is 33.3 Å². The van der Waals surface area contributed by atoms with Crippen molar-refractivity contribution in [3.63, 3.8) is 0 Å². The van der Waals surface area contributed by atoms with Gasteiger partial charge in [-0.05, 0) is 30.3 Å². The molecule has 0 bridgehead atoms. The highest BCUT2D eigenvalue weighted by Crippen LogP contribution is 2.34. The maximum absolute atomic E-state index is 5.42. The van der Waals surface area contributed by atoms with E-state index in [9.17, 15) is 0 Å². The Morgan fingerprint density at radius 2 is 2.17 bits per heavy atom. The fraction of sp³-hybridized carbons (Fsp3) is 0.214.